The fourth-order valence-electron chi connectivity index (χ4n) is 4.80. The lowest BCUT2D eigenvalue weighted by Gasteiger charge is -2.37. The fourth-order valence-corrected chi connectivity index (χ4v) is 4.80. The SMILES string of the molecule is CN[C@H](c1ccc(C(=O)Nc2ccncc2)cc1)[C@@H]1CCCN1C(=O)C(C)(C)c1ccc(F)cc1. The predicted molar refractivity (Wildman–Crippen MR) is 135 cm³/mol. The Morgan fingerprint density at radius 3 is 2.31 bits per heavy atom. The van der Waals surface area contributed by atoms with Crippen LogP contribution in [0, 0.1) is 5.82 Å². The molecule has 2 heterocycles. The first-order chi connectivity index (χ1) is 16.8. The Morgan fingerprint density at radius 2 is 1.69 bits per heavy atom. The van der Waals surface area contributed by atoms with Crippen molar-refractivity contribution < 1.29 is 14.0 Å². The molecule has 4 rings (SSSR count). The molecule has 182 valence electrons. The number of carbonyl (C=O) groups is 2. The van der Waals surface area contributed by atoms with Gasteiger partial charge in [0.05, 0.1) is 17.5 Å². The van der Waals surface area contributed by atoms with E-state index in [1.54, 1.807) is 48.8 Å². The summed E-state index contributed by atoms with van der Waals surface area (Å²) >= 11 is 0. The van der Waals surface area contributed by atoms with Crippen LogP contribution in [0.2, 0.25) is 0 Å². The maximum atomic E-state index is 13.7. The maximum absolute atomic E-state index is 13.7. The van der Waals surface area contributed by atoms with Crippen LogP contribution in [0.1, 0.15) is 54.2 Å². The van der Waals surface area contributed by atoms with Gasteiger partial charge in [0, 0.05) is 30.2 Å². The number of benzene rings is 2. The highest BCUT2D eigenvalue weighted by atomic mass is 19.1. The van der Waals surface area contributed by atoms with Gasteiger partial charge in [0.1, 0.15) is 5.82 Å². The number of hydrogen-bond donors (Lipinski definition) is 2. The maximum Gasteiger partial charge on any atom is 0.255 e. The predicted octanol–water partition coefficient (Wildman–Crippen LogP) is 4.70. The molecule has 6 nitrogen and oxygen atoms in total. The number of hydrogen-bond acceptors (Lipinski definition) is 4. The molecule has 0 unspecified atom stereocenters. The lowest BCUT2D eigenvalue weighted by atomic mass is 9.82. The van der Waals surface area contributed by atoms with E-state index in [-0.39, 0.29) is 29.7 Å². The molecule has 7 heteroatoms. The Bertz CT molecular complexity index is 1160. The lowest BCUT2D eigenvalue weighted by Crippen LogP contribution is -2.49. The van der Waals surface area contributed by atoms with Gasteiger partial charge in [-0.25, -0.2) is 4.39 Å². The average molecular weight is 475 g/mol. The molecule has 2 aromatic carbocycles. The minimum absolute atomic E-state index is 0.0243. The third-order valence-electron chi connectivity index (χ3n) is 6.83. The van der Waals surface area contributed by atoms with E-state index < -0.39 is 5.41 Å². The molecular weight excluding hydrogens is 443 g/mol. The molecule has 1 aromatic heterocycles. The van der Waals surface area contributed by atoms with Crippen LogP contribution in [0.25, 0.3) is 0 Å². The average Bonchev–Trinajstić information content (AvgIpc) is 3.34. The summed E-state index contributed by atoms with van der Waals surface area (Å²) in [6.45, 7) is 4.46. The summed E-state index contributed by atoms with van der Waals surface area (Å²) in [4.78, 5) is 32.2. The molecule has 1 fully saturated rings. The lowest BCUT2D eigenvalue weighted by molar-refractivity contribution is -0.137. The van der Waals surface area contributed by atoms with Gasteiger partial charge in [0.2, 0.25) is 5.91 Å². The van der Waals surface area contributed by atoms with Gasteiger partial charge in [-0.1, -0.05) is 24.3 Å². The normalized spacial score (nSPS) is 16.7. The third-order valence-corrected chi connectivity index (χ3v) is 6.83. The summed E-state index contributed by atoms with van der Waals surface area (Å²) in [6.07, 6.45) is 5.05. The first-order valence-corrected chi connectivity index (χ1v) is 11.9. The third kappa shape index (κ3) is 5.25. The first-order valence-electron chi connectivity index (χ1n) is 11.9. The van der Waals surface area contributed by atoms with Gasteiger partial charge >= 0.3 is 0 Å². The number of nitrogens with one attached hydrogen (secondary N) is 2. The summed E-state index contributed by atoms with van der Waals surface area (Å²) in [6, 6.07) is 17.0. The zero-order valence-electron chi connectivity index (χ0n) is 20.3. The molecule has 1 aliphatic heterocycles. The molecular formula is C28H31FN4O2. The summed E-state index contributed by atoms with van der Waals surface area (Å²) < 4.78 is 13.4. The van der Waals surface area contributed by atoms with Crippen LogP contribution in [-0.2, 0) is 10.2 Å². The largest absolute Gasteiger partial charge is 0.337 e. The molecule has 2 N–H and O–H groups in total. The van der Waals surface area contributed by atoms with Crippen LogP contribution in [-0.4, -0.2) is 41.3 Å². The summed E-state index contributed by atoms with van der Waals surface area (Å²) in [5.74, 6) is -0.480. The fraction of sp³-hybridized carbons (Fsp3) is 0.321. The number of rotatable bonds is 7. The van der Waals surface area contributed by atoms with Crippen LogP contribution < -0.4 is 10.6 Å². The zero-order chi connectivity index (χ0) is 25.0. The standard InChI is InChI=1S/C28H31FN4O2/c1-28(2,21-10-12-22(29)13-11-21)27(35)33-18-4-5-24(33)25(30-3)19-6-8-20(9-7-19)26(34)32-23-14-16-31-17-15-23/h6-17,24-25,30H,4-5,18H2,1-3H3,(H,31,32,34)/t24-,25+/m0/s1. The summed E-state index contributed by atoms with van der Waals surface area (Å²) in [5.41, 5.74) is 2.27. The Kier molecular flexibility index (Phi) is 7.26. The molecule has 0 aliphatic carbocycles. The summed E-state index contributed by atoms with van der Waals surface area (Å²) in [7, 11) is 1.89. The minimum Gasteiger partial charge on any atom is -0.337 e. The van der Waals surface area contributed by atoms with Gasteiger partial charge in [0.25, 0.3) is 5.91 Å². The summed E-state index contributed by atoms with van der Waals surface area (Å²) in [5, 5.41) is 6.24. The molecule has 0 saturated carbocycles. The van der Waals surface area contributed by atoms with Crippen molar-refractivity contribution in [3.63, 3.8) is 0 Å². The molecule has 1 aliphatic rings. The molecule has 35 heavy (non-hydrogen) atoms. The van der Waals surface area contributed by atoms with Crippen LogP contribution >= 0.6 is 0 Å². The molecule has 0 bridgehead atoms. The second-order valence-electron chi connectivity index (χ2n) is 9.42. The highest BCUT2D eigenvalue weighted by Gasteiger charge is 2.41. The molecule has 0 spiro atoms. The van der Waals surface area contributed by atoms with Crippen LogP contribution in [0.3, 0.4) is 0 Å². The van der Waals surface area contributed by atoms with Crippen molar-refractivity contribution in [2.24, 2.45) is 0 Å². The number of pyridine rings is 1. The van der Waals surface area contributed by atoms with Crippen molar-refractivity contribution in [2.45, 2.75) is 44.2 Å². The second-order valence-corrected chi connectivity index (χ2v) is 9.42. The minimum atomic E-state index is -0.774. The number of halogens is 1. The van der Waals surface area contributed by atoms with Crippen molar-refractivity contribution in [1.29, 1.82) is 0 Å². The number of amides is 2. The second kappa shape index (κ2) is 10.4. The topological polar surface area (TPSA) is 74.3 Å². The van der Waals surface area contributed by atoms with Crippen LogP contribution in [0.5, 0.6) is 0 Å². The van der Waals surface area contributed by atoms with E-state index in [9.17, 15) is 14.0 Å². The van der Waals surface area contributed by atoms with Crippen LogP contribution in [0.4, 0.5) is 10.1 Å². The van der Waals surface area contributed by atoms with E-state index in [0.717, 1.165) is 24.0 Å². The molecule has 2 atom stereocenters. The Hall–Kier alpha value is -3.58. The number of anilines is 1. The van der Waals surface area contributed by atoms with Gasteiger partial charge in [-0.15, -0.1) is 0 Å². The Morgan fingerprint density at radius 1 is 1.03 bits per heavy atom. The highest BCUT2D eigenvalue weighted by molar-refractivity contribution is 6.04. The van der Waals surface area contributed by atoms with Gasteiger partial charge in [-0.05, 0) is 81.3 Å². The zero-order valence-corrected chi connectivity index (χ0v) is 20.3. The molecule has 2 amide bonds. The van der Waals surface area contributed by atoms with Crippen molar-refractivity contribution in [2.75, 3.05) is 18.9 Å². The van der Waals surface area contributed by atoms with E-state index in [2.05, 4.69) is 15.6 Å². The smallest absolute Gasteiger partial charge is 0.255 e. The van der Waals surface area contributed by atoms with Gasteiger partial charge in [-0.3, -0.25) is 14.6 Å². The van der Waals surface area contributed by atoms with Gasteiger partial charge in [-0.2, -0.15) is 0 Å². The quantitative estimate of drug-likeness (QED) is 0.521. The Labute approximate surface area is 205 Å². The van der Waals surface area contributed by atoms with E-state index in [1.165, 1.54) is 12.1 Å². The molecule has 3 aromatic rings. The van der Waals surface area contributed by atoms with Crippen molar-refractivity contribution in [1.82, 2.24) is 15.2 Å². The monoisotopic (exact) mass is 474 g/mol. The molecule has 1 saturated heterocycles. The number of likely N-dealkylation sites (N-methyl/N-ethyl adjacent to an activating group) is 1. The Balaban J connectivity index is 1.51. The molecule has 0 radical (unpaired) electrons. The highest BCUT2D eigenvalue weighted by Crippen LogP contribution is 2.34. The van der Waals surface area contributed by atoms with E-state index in [4.69, 9.17) is 0 Å². The number of likely N-dealkylation sites (tertiary alicyclic amines) is 1. The van der Waals surface area contributed by atoms with E-state index >= 15 is 0 Å². The van der Waals surface area contributed by atoms with Crippen molar-refractivity contribution in [3.05, 3.63) is 95.6 Å². The number of nitrogens with zero attached hydrogens (tertiary/aromatic N) is 2. The first kappa shape index (κ1) is 24.5. The number of carbonyl (C=O) groups excluding carboxylic acids is 2. The van der Waals surface area contributed by atoms with Crippen molar-refractivity contribution >= 4 is 17.5 Å². The van der Waals surface area contributed by atoms with Gasteiger partial charge < -0.3 is 15.5 Å². The number of aromatic nitrogens is 1. The van der Waals surface area contributed by atoms with Gasteiger partial charge in [0.15, 0.2) is 0 Å². The van der Waals surface area contributed by atoms with Crippen LogP contribution in [0.15, 0.2) is 73.1 Å². The van der Waals surface area contributed by atoms with Crippen molar-refractivity contribution in [3.8, 4) is 0 Å². The van der Waals surface area contributed by atoms with E-state index in [1.807, 2.05) is 37.9 Å². The van der Waals surface area contributed by atoms with E-state index in [0.29, 0.717) is 17.8 Å².